The molecule has 1 unspecified atom stereocenters. The molecule has 0 fully saturated rings. The van der Waals surface area contributed by atoms with Crippen LogP contribution < -0.4 is 5.73 Å². The van der Waals surface area contributed by atoms with E-state index < -0.39 is 0 Å². The van der Waals surface area contributed by atoms with Crippen LogP contribution in [0.25, 0.3) is 10.9 Å². The van der Waals surface area contributed by atoms with Gasteiger partial charge in [0, 0.05) is 28.3 Å². The Morgan fingerprint density at radius 3 is 2.67 bits per heavy atom. The quantitative estimate of drug-likeness (QED) is 0.736. The van der Waals surface area contributed by atoms with Crippen molar-refractivity contribution in [3.63, 3.8) is 0 Å². The number of benzene rings is 1. The zero-order chi connectivity index (χ0) is 11.0. The third-order valence-electron chi connectivity index (χ3n) is 2.89. The van der Waals surface area contributed by atoms with Gasteiger partial charge in [-0.2, -0.15) is 0 Å². The van der Waals surface area contributed by atoms with E-state index in [-0.39, 0.29) is 0 Å². The van der Waals surface area contributed by atoms with Gasteiger partial charge in [0.2, 0.25) is 0 Å². The Labute approximate surface area is 89.9 Å². The van der Waals surface area contributed by atoms with Crippen LogP contribution in [0.2, 0.25) is 0 Å². The minimum absolute atomic E-state index is 0.388. The fourth-order valence-electron chi connectivity index (χ4n) is 1.68. The molecule has 1 heterocycles. The molecule has 0 saturated carbocycles. The first kappa shape index (κ1) is 10.1. The summed E-state index contributed by atoms with van der Waals surface area (Å²) in [7, 11) is 4.15. The highest BCUT2D eigenvalue weighted by atomic mass is 15.1. The zero-order valence-corrected chi connectivity index (χ0v) is 9.41. The van der Waals surface area contributed by atoms with Crippen LogP contribution >= 0.6 is 0 Å². The van der Waals surface area contributed by atoms with Gasteiger partial charge in [-0.15, -0.1) is 0 Å². The highest BCUT2D eigenvalue weighted by molar-refractivity contribution is 5.83. The molecule has 80 valence electrons. The lowest BCUT2D eigenvalue weighted by atomic mass is 10.2. The molecule has 3 heteroatoms. The summed E-state index contributed by atoms with van der Waals surface area (Å²) in [6, 6.07) is 8.49. The molecule has 15 heavy (non-hydrogen) atoms. The molecule has 1 aromatic heterocycles. The Morgan fingerprint density at radius 1 is 1.27 bits per heavy atom. The maximum absolute atomic E-state index is 5.74. The first-order valence-electron chi connectivity index (χ1n) is 5.12. The van der Waals surface area contributed by atoms with Crippen molar-refractivity contribution in [2.75, 3.05) is 19.8 Å². The second-order valence-electron chi connectivity index (χ2n) is 4.21. The lowest BCUT2D eigenvalue weighted by Crippen LogP contribution is -2.16. The Kier molecular flexibility index (Phi) is 2.40. The molecular weight excluding hydrogens is 186 g/mol. The van der Waals surface area contributed by atoms with E-state index in [1.807, 2.05) is 18.2 Å². The average molecular weight is 203 g/mol. The van der Waals surface area contributed by atoms with Crippen LogP contribution in [0.5, 0.6) is 0 Å². The van der Waals surface area contributed by atoms with Gasteiger partial charge < -0.3 is 15.6 Å². The van der Waals surface area contributed by atoms with Gasteiger partial charge in [-0.1, -0.05) is 0 Å². The Bertz CT molecular complexity index is 471. The summed E-state index contributed by atoms with van der Waals surface area (Å²) in [5, 5.41) is 1.18. The molecule has 2 aromatic rings. The van der Waals surface area contributed by atoms with E-state index in [4.69, 9.17) is 5.73 Å². The SMILES string of the molecule is CC(c1cc2cc(N)ccc2[nH]1)N(C)C. The molecule has 0 saturated heterocycles. The van der Waals surface area contributed by atoms with Crippen LogP contribution in [0.1, 0.15) is 18.7 Å². The van der Waals surface area contributed by atoms with E-state index in [2.05, 4.69) is 37.0 Å². The summed E-state index contributed by atoms with van der Waals surface area (Å²) in [6.07, 6.45) is 0. The van der Waals surface area contributed by atoms with Gasteiger partial charge >= 0.3 is 0 Å². The number of aromatic nitrogens is 1. The summed E-state index contributed by atoms with van der Waals surface area (Å²) in [6.45, 7) is 2.17. The number of nitrogens with two attached hydrogens (primary N) is 1. The highest BCUT2D eigenvalue weighted by Crippen LogP contribution is 2.23. The van der Waals surface area contributed by atoms with Crippen molar-refractivity contribution in [1.82, 2.24) is 9.88 Å². The van der Waals surface area contributed by atoms with E-state index in [1.165, 1.54) is 11.1 Å². The first-order chi connectivity index (χ1) is 7.08. The van der Waals surface area contributed by atoms with Crippen LogP contribution in [0.3, 0.4) is 0 Å². The van der Waals surface area contributed by atoms with Gasteiger partial charge in [0.25, 0.3) is 0 Å². The fourth-order valence-corrected chi connectivity index (χ4v) is 1.68. The van der Waals surface area contributed by atoms with E-state index in [1.54, 1.807) is 0 Å². The Hall–Kier alpha value is -1.48. The monoisotopic (exact) mass is 203 g/mol. The number of hydrogen-bond donors (Lipinski definition) is 2. The molecule has 0 aliphatic carbocycles. The van der Waals surface area contributed by atoms with Gasteiger partial charge in [-0.05, 0) is 45.3 Å². The summed E-state index contributed by atoms with van der Waals surface area (Å²) in [5.74, 6) is 0. The standard InChI is InChI=1S/C12H17N3/c1-8(15(2)3)12-7-9-6-10(13)4-5-11(9)14-12/h4-8,14H,13H2,1-3H3. The van der Waals surface area contributed by atoms with Crippen molar-refractivity contribution >= 4 is 16.6 Å². The average Bonchev–Trinajstić information content (AvgIpc) is 2.58. The van der Waals surface area contributed by atoms with E-state index in [0.29, 0.717) is 6.04 Å². The van der Waals surface area contributed by atoms with Crippen molar-refractivity contribution in [3.05, 3.63) is 30.0 Å². The number of rotatable bonds is 2. The molecule has 0 radical (unpaired) electrons. The maximum atomic E-state index is 5.74. The molecule has 0 spiro atoms. The predicted octanol–water partition coefficient (Wildman–Crippen LogP) is 2.37. The predicted molar refractivity (Wildman–Crippen MR) is 64.8 cm³/mol. The van der Waals surface area contributed by atoms with Crippen molar-refractivity contribution in [2.45, 2.75) is 13.0 Å². The van der Waals surface area contributed by atoms with Gasteiger partial charge in [-0.25, -0.2) is 0 Å². The molecule has 2 rings (SSSR count). The zero-order valence-electron chi connectivity index (χ0n) is 9.41. The smallest absolute Gasteiger partial charge is 0.0464 e. The molecule has 0 amide bonds. The minimum Gasteiger partial charge on any atom is -0.399 e. The second kappa shape index (κ2) is 3.59. The number of anilines is 1. The topological polar surface area (TPSA) is 45.1 Å². The van der Waals surface area contributed by atoms with Gasteiger partial charge in [0.15, 0.2) is 0 Å². The van der Waals surface area contributed by atoms with Gasteiger partial charge in [0.05, 0.1) is 0 Å². The fraction of sp³-hybridized carbons (Fsp3) is 0.333. The number of fused-ring (bicyclic) bond motifs is 1. The van der Waals surface area contributed by atoms with Crippen LogP contribution in [0, 0.1) is 0 Å². The largest absolute Gasteiger partial charge is 0.399 e. The highest BCUT2D eigenvalue weighted by Gasteiger charge is 2.10. The summed E-state index contributed by atoms with van der Waals surface area (Å²) < 4.78 is 0. The number of nitrogens with one attached hydrogen (secondary N) is 1. The lowest BCUT2D eigenvalue weighted by Gasteiger charge is -2.17. The normalized spacial score (nSPS) is 13.6. The van der Waals surface area contributed by atoms with Crippen molar-refractivity contribution in [1.29, 1.82) is 0 Å². The third kappa shape index (κ3) is 1.83. The molecule has 1 aromatic carbocycles. The van der Waals surface area contributed by atoms with Crippen LogP contribution in [-0.2, 0) is 0 Å². The third-order valence-corrected chi connectivity index (χ3v) is 2.89. The van der Waals surface area contributed by atoms with Crippen LogP contribution in [-0.4, -0.2) is 24.0 Å². The summed E-state index contributed by atoms with van der Waals surface area (Å²) >= 11 is 0. The number of aromatic amines is 1. The molecule has 0 aliphatic heterocycles. The molecule has 0 aliphatic rings. The molecule has 3 nitrogen and oxygen atoms in total. The Morgan fingerprint density at radius 2 is 2.00 bits per heavy atom. The minimum atomic E-state index is 0.388. The summed E-state index contributed by atoms with van der Waals surface area (Å²) in [4.78, 5) is 5.58. The van der Waals surface area contributed by atoms with Crippen LogP contribution in [0.15, 0.2) is 24.3 Å². The van der Waals surface area contributed by atoms with Crippen molar-refractivity contribution in [3.8, 4) is 0 Å². The van der Waals surface area contributed by atoms with Crippen molar-refractivity contribution < 1.29 is 0 Å². The van der Waals surface area contributed by atoms with E-state index >= 15 is 0 Å². The molecule has 0 bridgehead atoms. The van der Waals surface area contributed by atoms with Crippen molar-refractivity contribution in [2.24, 2.45) is 0 Å². The summed E-state index contributed by atoms with van der Waals surface area (Å²) in [5.41, 5.74) is 8.92. The lowest BCUT2D eigenvalue weighted by molar-refractivity contribution is 0.316. The number of nitrogen functional groups attached to an aromatic ring is 1. The van der Waals surface area contributed by atoms with Gasteiger partial charge in [-0.3, -0.25) is 0 Å². The Balaban J connectivity index is 2.47. The maximum Gasteiger partial charge on any atom is 0.0464 e. The molecule has 1 atom stereocenters. The first-order valence-corrected chi connectivity index (χ1v) is 5.12. The molecular formula is C12H17N3. The molecule has 3 N–H and O–H groups in total. The second-order valence-corrected chi connectivity index (χ2v) is 4.21. The number of nitrogens with zero attached hydrogens (tertiary/aromatic N) is 1. The van der Waals surface area contributed by atoms with Crippen LogP contribution in [0.4, 0.5) is 5.69 Å². The van der Waals surface area contributed by atoms with Gasteiger partial charge in [0.1, 0.15) is 0 Å². The van der Waals surface area contributed by atoms with E-state index in [0.717, 1.165) is 11.2 Å². The van der Waals surface area contributed by atoms with E-state index in [9.17, 15) is 0 Å². The number of H-pyrrole nitrogens is 1. The number of hydrogen-bond acceptors (Lipinski definition) is 2.